The third-order valence-electron chi connectivity index (χ3n) is 4.26. The smallest absolute Gasteiger partial charge is 0.189 e. The van der Waals surface area contributed by atoms with Crippen molar-refractivity contribution in [3.05, 3.63) is 78.5 Å². The first-order valence-electron chi connectivity index (χ1n) is 8.77. The molecule has 0 unspecified atom stereocenters. The zero-order chi connectivity index (χ0) is 20.2. The van der Waals surface area contributed by atoms with Gasteiger partial charge < -0.3 is 11.5 Å². The van der Waals surface area contributed by atoms with Crippen molar-refractivity contribution in [2.75, 3.05) is 11.5 Å². The largest absolute Gasteiger partial charge is 0.384 e. The average molecular weight is 404 g/mol. The van der Waals surface area contributed by atoms with E-state index in [0.29, 0.717) is 33.8 Å². The van der Waals surface area contributed by atoms with E-state index in [2.05, 4.69) is 19.9 Å². The molecule has 2 heterocycles. The Morgan fingerprint density at radius 3 is 2.48 bits per heavy atom. The first-order chi connectivity index (χ1) is 14.1. The van der Waals surface area contributed by atoms with Gasteiger partial charge in [0.1, 0.15) is 17.5 Å². The van der Waals surface area contributed by atoms with E-state index in [-0.39, 0.29) is 5.82 Å². The highest BCUT2D eigenvalue weighted by Gasteiger charge is 2.12. The van der Waals surface area contributed by atoms with Gasteiger partial charge >= 0.3 is 0 Å². The van der Waals surface area contributed by atoms with E-state index in [1.807, 2.05) is 30.3 Å². The normalized spacial score (nSPS) is 10.8. The number of rotatable bonds is 5. The van der Waals surface area contributed by atoms with Crippen LogP contribution in [0.15, 0.2) is 72.3 Å². The molecule has 4 N–H and O–H groups in total. The van der Waals surface area contributed by atoms with Crippen LogP contribution in [0.1, 0.15) is 5.56 Å². The number of nitrogens with two attached hydrogens (primary N) is 2. The molecule has 0 amide bonds. The second kappa shape index (κ2) is 8.24. The maximum absolute atomic E-state index is 14.8. The lowest BCUT2D eigenvalue weighted by Crippen LogP contribution is -1.96. The first kappa shape index (κ1) is 18.8. The molecule has 4 rings (SSSR count). The second-order valence-corrected chi connectivity index (χ2v) is 7.17. The predicted octanol–water partition coefficient (Wildman–Crippen LogP) is 4.20. The van der Waals surface area contributed by atoms with Crippen LogP contribution in [0.3, 0.4) is 0 Å². The minimum Gasteiger partial charge on any atom is -0.384 e. The number of hydrogen-bond donors (Lipinski definition) is 2. The molecule has 0 radical (unpaired) electrons. The summed E-state index contributed by atoms with van der Waals surface area (Å²) in [5.74, 6) is 0.982. The molecular formula is C21H17FN6S. The van der Waals surface area contributed by atoms with E-state index >= 15 is 0 Å². The summed E-state index contributed by atoms with van der Waals surface area (Å²) in [4.78, 5) is 16.5. The minimum atomic E-state index is -0.372. The number of anilines is 2. The molecule has 2 aromatic carbocycles. The van der Waals surface area contributed by atoms with Crippen molar-refractivity contribution in [3.63, 3.8) is 0 Å². The van der Waals surface area contributed by atoms with Gasteiger partial charge in [-0.2, -0.15) is 0 Å². The molecule has 0 spiro atoms. The second-order valence-electron chi connectivity index (χ2n) is 6.23. The maximum Gasteiger partial charge on any atom is 0.189 e. The third-order valence-corrected chi connectivity index (χ3v) is 5.17. The SMILES string of the molecule is Nc1cnc(-c2ccc(-c3ccccc3CSc3nccc(N)n3)cc2F)cn1. The van der Waals surface area contributed by atoms with Crippen LogP contribution in [0, 0.1) is 5.82 Å². The number of nitrogen functional groups attached to an aromatic ring is 2. The van der Waals surface area contributed by atoms with Crippen molar-refractivity contribution in [3.8, 4) is 22.4 Å². The van der Waals surface area contributed by atoms with E-state index in [0.717, 1.165) is 16.7 Å². The van der Waals surface area contributed by atoms with Gasteiger partial charge in [-0.3, -0.25) is 4.98 Å². The van der Waals surface area contributed by atoms with E-state index < -0.39 is 0 Å². The van der Waals surface area contributed by atoms with Gasteiger partial charge in [0.2, 0.25) is 0 Å². The Bertz CT molecular complexity index is 1150. The van der Waals surface area contributed by atoms with Gasteiger partial charge in [-0.05, 0) is 34.9 Å². The quantitative estimate of drug-likeness (QED) is 0.379. The number of benzene rings is 2. The first-order valence-corrected chi connectivity index (χ1v) is 9.76. The van der Waals surface area contributed by atoms with Crippen LogP contribution >= 0.6 is 11.8 Å². The molecule has 6 nitrogen and oxygen atoms in total. The van der Waals surface area contributed by atoms with Crippen LogP contribution in [-0.4, -0.2) is 19.9 Å². The minimum absolute atomic E-state index is 0.293. The Hall–Kier alpha value is -3.52. The van der Waals surface area contributed by atoms with Gasteiger partial charge in [0.05, 0.1) is 18.1 Å². The molecule has 0 aliphatic rings. The predicted molar refractivity (Wildman–Crippen MR) is 113 cm³/mol. The van der Waals surface area contributed by atoms with Crippen LogP contribution in [0.5, 0.6) is 0 Å². The highest BCUT2D eigenvalue weighted by atomic mass is 32.2. The lowest BCUT2D eigenvalue weighted by Gasteiger charge is -2.11. The highest BCUT2D eigenvalue weighted by Crippen LogP contribution is 2.31. The fraction of sp³-hybridized carbons (Fsp3) is 0.0476. The van der Waals surface area contributed by atoms with E-state index in [1.165, 1.54) is 30.2 Å². The molecule has 0 saturated carbocycles. The van der Waals surface area contributed by atoms with E-state index in [9.17, 15) is 4.39 Å². The summed E-state index contributed by atoms with van der Waals surface area (Å²) in [6.07, 6.45) is 4.50. The molecule has 0 aliphatic heterocycles. The highest BCUT2D eigenvalue weighted by molar-refractivity contribution is 7.98. The van der Waals surface area contributed by atoms with Crippen LogP contribution in [0.4, 0.5) is 16.0 Å². The Morgan fingerprint density at radius 2 is 1.72 bits per heavy atom. The lowest BCUT2D eigenvalue weighted by molar-refractivity contribution is 0.631. The third kappa shape index (κ3) is 4.33. The molecule has 0 fully saturated rings. The van der Waals surface area contributed by atoms with Crippen LogP contribution in [0.2, 0.25) is 0 Å². The monoisotopic (exact) mass is 404 g/mol. The van der Waals surface area contributed by atoms with Crippen molar-refractivity contribution in [1.82, 2.24) is 19.9 Å². The molecule has 0 atom stereocenters. The molecule has 8 heteroatoms. The summed E-state index contributed by atoms with van der Waals surface area (Å²) in [5.41, 5.74) is 14.8. The number of thioether (sulfide) groups is 1. The molecule has 0 bridgehead atoms. The fourth-order valence-electron chi connectivity index (χ4n) is 2.86. The van der Waals surface area contributed by atoms with Crippen LogP contribution < -0.4 is 11.5 Å². The number of hydrogen-bond acceptors (Lipinski definition) is 7. The molecule has 29 heavy (non-hydrogen) atoms. The van der Waals surface area contributed by atoms with Crippen molar-refractivity contribution >= 4 is 23.4 Å². The summed E-state index contributed by atoms with van der Waals surface area (Å²) in [5, 5.41) is 0.600. The number of aromatic nitrogens is 4. The summed E-state index contributed by atoms with van der Waals surface area (Å²) in [6, 6.07) is 14.6. The van der Waals surface area contributed by atoms with Crippen LogP contribution in [0.25, 0.3) is 22.4 Å². The van der Waals surface area contributed by atoms with Crippen molar-refractivity contribution < 1.29 is 4.39 Å². The Labute approximate surface area is 171 Å². The Balaban J connectivity index is 1.61. The topological polar surface area (TPSA) is 104 Å². The molecule has 0 saturated heterocycles. The Morgan fingerprint density at radius 1 is 0.862 bits per heavy atom. The van der Waals surface area contributed by atoms with Gasteiger partial charge in [-0.15, -0.1) is 0 Å². The number of halogens is 1. The Kier molecular flexibility index (Phi) is 5.35. The molecule has 4 aromatic rings. The van der Waals surface area contributed by atoms with Gasteiger partial charge in [-0.1, -0.05) is 42.1 Å². The summed E-state index contributed by atoms with van der Waals surface area (Å²) in [7, 11) is 0. The molecule has 2 aromatic heterocycles. The lowest BCUT2D eigenvalue weighted by atomic mass is 9.98. The fourth-order valence-corrected chi connectivity index (χ4v) is 3.70. The van der Waals surface area contributed by atoms with Crippen molar-refractivity contribution in [2.24, 2.45) is 0 Å². The van der Waals surface area contributed by atoms with Gasteiger partial charge in [-0.25, -0.2) is 19.3 Å². The van der Waals surface area contributed by atoms with Gasteiger partial charge in [0.25, 0.3) is 0 Å². The zero-order valence-electron chi connectivity index (χ0n) is 15.3. The van der Waals surface area contributed by atoms with Gasteiger partial charge in [0, 0.05) is 17.5 Å². The molecular weight excluding hydrogens is 387 g/mol. The van der Waals surface area contributed by atoms with Crippen molar-refractivity contribution in [1.29, 1.82) is 0 Å². The maximum atomic E-state index is 14.8. The van der Waals surface area contributed by atoms with E-state index in [1.54, 1.807) is 18.3 Å². The van der Waals surface area contributed by atoms with Gasteiger partial charge in [0.15, 0.2) is 5.16 Å². The summed E-state index contributed by atoms with van der Waals surface area (Å²) in [6.45, 7) is 0. The molecule has 144 valence electrons. The van der Waals surface area contributed by atoms with Crippen LogP contribution in [-0.2, 0) is 5.75 Å². The zero-order valence-corrected chi connectivity index (χ0v) is 16.1. The summed E-state index contributed by atoms with van der Waals surface area (Å²) < 4.78 is 14.8. The van der Waals surface area contributed by atoms with E-state index in [4.69, 9.17) is 11.5 Å². The average Bonchev–Trinajstić information content (AvgIpc) is 2.73. The summed E-state index contributed by atoms with van der Waals surface area (Å²) >= 11 is 1.48. The molecule has 0 aliphatic carbocycles. The standard InChI is InChI=1S/C21H17FN6S/c22-17-9-13(5-6-16(17)18-10-27-20(24)11-26-18)15-4-2-1-3-14(15)12-29-21-25-8-7-19(23)28-21/h1-11H,12H2,(H2,24,27)(H2,23,25,28). The number of nitrogens with zero attached hydrogens (tertiary/aromatic N) is 4. The van der Waals surface area contributed by atoms with Crippen molar-refractivity contribution in [2.45, 2.75) is 10.9 Å².